The van der Waals surface area contributed by atoms with Crippen molar-refractivity contribution < 1.29 is 28.6 Å². The van der Waals surface area contributed by atoms with Crippen LogP contribution in [0, 0.1) is 0 Å². The van der Waals surface area contributed by atoms with Crippen LogP contribution in [0.5, 0.6) is 0 Å². The molecule has 262 valence electrons. The summed E-state index contributed by atoms with van der Waals surface area (Å²) in [5.74, 6) is -1.07. The van der Waals surface area contributed by atoms with Crippen LogP contribution < -0.4 is 0 Å². The maximum Gasteiger partial charge on any atom is 0.309 e. The van der Waals surface area contributed by atoms with E-state index in [1.165, 1.54) is 44.9 Å². The van der Waals surface area contributed by atoms with E-state index in [0.29, 0.717) is 12.8 Å². The van der Waals surface area contributed by atoms with E-state index in [1.807, 2.05) is 6.08 Å². The highest BCUT2D eigenvalue weighted by atomic mass is 16.6. The number of ether oxygens (including phenoxy) is 3. The number of carbonyl (C=O) groups is 3. The summed E-state index contributed by atoms with van der Waals surface area (Å²) in [7, 11) is 0. The van der Waals surface area contributed by atoms with Crippen LogP contribution in [0.1, 0.15) is 156 Å². The summed E-state index contributed by atoms with van der Waals surface area (Å²) >= 11 is 0. The second kappa shape index (κ2) is 35.0. The molecule has 0 heterocycles. The Morgan fingerprint density at radius 1 is 0.457 bits per heavy atom. The van der Waals surface area contributed by atoms with Crippen LogP contribution in [0.2, 0.25) is 0 Å². The number of unbranched alkanes of at least 4 members (excludes halogenated alkanes) is 11. The van der Waals surface area contributed by atoms with Gasteiger partial charge in [-0.1, -0.05) is 152 Å². The Morgan fingerprint density at radius 2 is 0.848 bits per heavy atom. The molecule has 0 N–H and O–H groups in total. The third-order valence-electron chi connectivity index (χ3n) is 7.32. The van der Waals surface area contributed by atoms with Crippen molar-refractivity contribution in [3.8, 4) is 0 Å². The van der Waals surface area contributed by atoms with E-state index >= 15 is 0 Å². The van der Waals surface area contributed by atoms with Gasteiger partial charge in [0.1, 0.15) is 13.2 Å². The summed E-state index contributed by atoms with van der Waals surface area (Å²) in [6.07, 6.45) is 39.7. The first-order valence-corrected chi connectivity index (χ1v) is 18.3. The molecule has 1 atom stereocenters. The fraction of sp³-hybridized carbons (Fsp3) is 0.675. The van der Waals surface area contributed by atoms with Gasteiger partial charge in [-0.2, -0.15) is 0 Å². The molecule has 0 aliphatic rings. The average Bonchev–Trinajstić information content (AvgIpc) is 3.05. The summed E-state index contributed by atoms with van der Waals surface area (Å²) in [5, 5.41) is 0. The third-order valence-corrected chi connectivity index (χ3v) is 7.32. The third kappa shape index (κ3) is 32.5. The van der Waals surface area contributed by atoms with Gasteiger partial charge in [-0.05, 0) is 44.9 Å². The smallest absolute Gasteiger partial charge is 0.309 e. The maximum atomic E-state index is 12.5. The van der Waals surface area contributed by atoms with Gasteiger partial charge in [0, 0.05) is 12.8 Å². The summed E-state index contributed by atoms with van der Waals surface area (Å²) in [4.78, 5) is 37.0. The normalized spacial score (nSPS) is 12.7. The first-order valence-electron chi connectivity index (χ1n) is 18.3. The molecule has 0 saturated heterocycles. The van der Waals surface area contributed by atoms with Gasteiger partial charge in [-0.3, -0.25) is 14.4 Å². The molecule has 0 aromatic rings. The highest BCUT2D eigenvalue weighted by molar-refractivity contribution is 5.72. The summed E-state index contributed by atoms with van der Waals surface area (Å²) < 4.78 is 16.3. The second-order valence-corrected chi connectivity index (χ2v) is 11.8. The van der Waals surface area contributed by atoms with Crippen molar-refractivity contribution in [1.82, 2.24) is 0 Å². The lowest BCUT2D eigenvalue weighted by molar-refractivity contribution is -0.166. The Labute approximate surface area is 281 Å². The van der Waals surface area contributed by atoms with Crippen molar-refractivity contribution >= 4 is 17.9 Å². The molecule has 6 nitrogen and oxygen atoms in total. The molecule has 0 spiro atoms. The predicted molar refractivity (Wildman–Crippen MR) is 191 cm³/mol. The number of carbonyl (C=O) groups excluding carboxylic acids is 3. The number of esters is 3. The van der Waals surface area contributed by atoms with Gasteiger partial charge in [0.15, 0.2) is 6.10 Å². The Bertz CT molecular complexity index is 882. The zero-order valence-electron chi connectivity index (χ0n) is 29.6. The van der Waals surface area contributed by atoms with Gasteiger partial charge in [-0.15, -0.1) is 0 Å². The van der Waals surface area contributed by atoms with E-state index in [9.17, 15) is 14.4 Å². The predicted octanol–water partition coefficient (Wildman–Crippen LogP) is 11.0. The van der Waals surface area contributed by atoms with Gasteiger partial charge in [0.25, 0.3) is 0 Å². The lowest BCUT2D eigenvalue weighted by Crippen LogP contribution is -2.30. The van der Waals surface area contributed by atoms with E-state index < -0.39 is 12.1 Å². The van der Waals surface area contributed by atoms with Crippen LogP contribution in [0.15, 0.2) is 60.8 Å². The van der Waals surface area contributed by atoms with Crippen LogP contribution in [0.25, 0.3) is 0 Å². The highest BCUT2D eigenvalue weighted by Gasteiger charge is 2.19. The van der Waals surface area contributed by atoms with Crippen LogP contribution in [0.3, 0.4) is 0 Å². The van der Waals surface area contributed by atoms with Crippen molar-refractivity contribution in [2.24, 2.45) is 0 Å². The van der Waals surface area contributed by atoms with E-state index in [4.69, 9.17) is 14.2 Å². The quantitative estimate of drug-likeness (QED) is 0.0324. The molecular formula is C40H66O6. The molecule has 0 aliphatic carbocycles. The lowest BCUT2D eigenvalue weighted by atomic mass is 10.1. The standard InChI is InChI=1S/C40H66O6/c1-4-7-10-13-16-17-18-19-20-21-22-23-25-27-30-33-39(42)45-36-37(35-44-38(41)32-29-26-15-12-9-6-3)46-40(43)34-31-28-24-14-11-8-5-2/h7,10,16-17,19-20,22-23,27,30,37H,4-6,8-9,11-15,18,21,24-26,28-29,31-36H2,1-3H3/b10-7-,17-16-,20-19-,23-22-,30-27-. The zero-order chi connectivity index (χ0) is 33.8. The monoisotopic (exact) mass is 642 g/mol. The maximum absolute atomic E-state index is 12.5. The van der Waals surface area contributed by atoms with E-state index in [2.05, 4.69) is 69.4 Å². The molecule has 0 bridgehead atoms. The molecule has 0 fully saturated rings. The van der Waals surface area contributed by atoms with Crippen molar-refractivity contribution in [2.75, 3.05) is 13.2 Å². The van der Waals surface area contributed by atoms with Gasteiger partial charge in [0.2, 0.25) is 0 Å². The van der Waals surface area contributed by atoms with Gasteiger partial charge in [0.05, 0.1) is 6.42 Å². The Morgan fingerprint density at radius 3 is 1.33 bits per heavy atom. The first kappa shape index (κ1) is 43.1. The molecule has 1 unspecified atom stereocenters. The Hall–Kier alpha value is -2.89. The first-order chi connectivity index (χ1) is 22.5. The van der Waals surface area contributed by atoms with Crippen molar-refractivity contribution in [3.63, 3.8) is 0 Å². The van der Waals surface area contributed by atoms with E-state index in [1.54, 1.807) is 6.08 Å². The largest absolute Gasteiger partial charge is 0.462 e. The second-order valence-electron chi connectivity index (χ2n) is 11.8. The fourth-order valence-corrected chi connectivity index (χ4v) is 4.57. The number of hydrogen-bond donors (Lipinski definition) is 0. The summed E-state index contributed by atoms with van der Waals surface area (Å²) in [5.41, 5.74) is 0. The minimum atomic E-state index is -0.803. The summed E-state index contributed by atoms with van der Waals surface area (Å²) in [6.45, 7) is 6.28. The van der Waals surface area contributed by atoms with Crippen LogP contribution in [-0.2, 0) is 28.6 Å². The SMILES string of the molecule is CC/C=C\C/C=C\C/C=C\C/C=C\C/C=C\CC(=O)OCC(COC(=O)CCCCCCCC)OC(=O)CCCCCCCCC. The minimum Gasteiger partial charge on any atom is -0.462 e. The van der Waals surface area contributed by atoms with E-state index in [-0.39, 0.29) is 31.6 Å². The Balaban J connectivity index is 4.45. The molecule has 0 aromatic carbocycles. The Kier molecular flexibility index (Phi) is 32.8. The van der Waals surface area contributed by atoms with Crippen LogP contribution >= 0.6 is 0 Å². The van der Waals surface area contributed by atoms with Crippen molar-refractivity contribution in [3.05, 3.63) is 60.8 Å². The molecule has 6 heteroatoms. The van der Waals surface area contributed by atoms with Crippen LogP contribution in [-0.4, -0.2) is 37.2 Å². The topological polar surface area (TPSA) is 78.9 Å². The molecule has 0 amide bonds. The molecule has 0 saturated carbocycles. The van der Waals surface area contributed by atoms with Gasteiger partial charge >= 0.3 is 17.9 Å². The zero-order valence-corrected chi connectivity index (χ0v) is 29.6. The molecular weight excluding hydrogens is 576 g/mol. The van der Waals surface area contributed by atoms with Crippen molar-refractivity contribution in [2.45, 2.75) is 162 Å². The van der Waals surface area contributed by atoms with Gasteiger partial charge in [-0.25, -0.2) is 0 Å². The van der Waals surface area contributed by atoms with E-state index in [0.717, 1.165) is 70.6 Å². The number of allylic oxidation sites excluding steroid dienone is 9. The molecule has 0 aromatic heterocycles. The molecule has 0 radical (unpaired) electrons. The molecule has 0 aliphatic heterocycles. The van der Waals surface area contributed by atoms with Gasteiger partial charge < -0.3 is 14.2 Å². The minimum absolute atomic E-state index is 0.105. The van der Waals surface area contributed by atoms with Crippen molar-refractivity contribution in [1.29, 1.82) is 0 Å². The average molecular weight is 643 g/mol. The summed E-state index contributed by atoms with van der Waals surface area (Å²) in [6, 6.07) is 0. The number of rotatable bonds is 31. The lowest BCUT2D eigenvalue weighted by Gasteiger charge is -2.18. The molecule has 46 heavy (non-hydrogen) atoms. The highest BCUT2D eigenvalue weighted by Crippen LogP contribution is 2.11. The number of hydrogen-bond acceptors (Lipinski definition) is 6. The van der Waals surface area contributed by atoms with Crippen LogP contribution in [0.4, 0.5) is 0 Å². The fourth-order valence-electron chi connectivity index (χ4n) is 4.57. The molecule has 0 rings (SSSR count).